The van der Waals surface area contributed by atoms with Gasteiger partial charge in [-0.3, -0.25) is 9.88 Å². The molecule has 1 saturated heterocycles. The van der Waals surface area contributed by atoms with E-state index < -0.39 is 12.1 Å². The summed E-state index contributed by atoms with van der Waals surface area (Å²) in [6.45, 7) is 1.01. The van der Waals surface area contributed by atoms with Crippen molar-refractivity contribution in [3.8, 4) is 0 Å². The first-order chi connectivity index (χ1) is 9.02. The molecular formula is C13H18F3N3. The van der Waals surface area contributed by atoms with Crippen LogP contribution in [-0.4, -0.2) is 35.7 Å². The summed E-state index contributed by atoms with van der Waals surface area (Å²) in [5, 5.41) is 0. The summed E-state index contributed by atoms with van der Waals surface area (Å²) in [6, 6.07) is 3.47. The maximum Gasteiger partial charge on any atom is 0.393 e. The van der Waals surface area contributed by atoms with E-state index in [0.717, 1.165) is 5.56 Å². The molecule has 1 aliphatic rings. The van der Waals surface area contributed by atoms with Crippen LogP contribution in [0.3, 0.4) is 0 Å². The van der Waals surface area contributed by atoms with Gasteiger partial charge in [0.15, 0.2) is 0 Å². The molecule has 1 aromatic heterocycles. The third-order valence-corrected chi connectivity index (χ3v) is 3.67. The second-order valence-electron chi connectivity index (χ2n) is 4.91. The van der Waals surface area contributed by atoms with Gasteiger partial charge in [0.05, 0.1) is 5.92 Å². The molecule has 3 nitrogen and oxygen atoms in total. The number of halogens is 3. The van der Waals surface area contributed by atoms with E-state index >= 15 is 0 Å². The van der Waals surface area contributed by atoms with Gasteiger partial charge in [-0.15, -0.1) is 0 Å². The molecule has 1 aliphatic heterocycles. The van der Waals surface area contributed by atoms with Crippen molar-refractivity contribution in [1.29, 1.82) is 0 Å². The van der Waals surface area contributed by atoms with Crippen LogP contribution < -0.4 is 5.73 Å². The zero-order valence-corrected chi connectivity index (χ0v) is 10.6. The van der Waals surface area contributed by atoms with Crippen LogP contribution in [0, 0.1) is 5.92 Å². The van der Waals surface area contributed by atoms with Gasteiger partial charge < -0.3 is 5.73 Å². The standard InChI is InChI=1S/C13H18F3N3/c14-13(15,16)11-2-1-7-19(9-11)12(8-17)10-3-5-18-6-4-10/h3-6,11-12H,1-2,7-9,17H2. The lowest BCUT2D eigenvalue weighted by atomic mass is 9.94. The van der Waals surface area contributed by atoms with Crippen LogP contribution in [0.25, 0.3) is 0 Å². The Bertz CT molecular complexity index is 394. The quantitative estimate of drug-likeness (QED) is 0.919. The van der Waals surface area contributed by atoms with Crippen molar-refractivity contribution < 1.29 is 13.2 Å². The topological polar surface area (TPSA) is 42.1 Å². The van der Waals surface area contributed by atoms with E-state index in [1.54, 1.807) is 12.4 Å². The number of nitrogens with two attached hydrogens (primary N) is 1. The average molecular weight is 273 g/mol. The van der Waals surface area contributed by atoms with Crippen molar-refractivity contribution >= 4 is 0 Å². The van der Waals surface area contributed by atoms with E-state index in [0.29, 0.717) is 19.5 Å². The van der Waals surface area contributed by atoms with Gasteiger partial charge in [-0.2, -0.15) is 13.2 Å². The summed E-state index contributed by atoms with van der Waals surface area (Å²) in [4.78, 5) is 5.77. The molecule has 19 heavy (non-hydrogen) atoms. The summed E-state index contributed by atoms with van der Waals surface area (Å²) in [7, 11) is 0. The summed E-state index contributed by atoms with van der Waals surface area (Å²) >= 11 is 0. The predicted molar refractivity (Wildman–Crippen MR) is 66.4 cm³/mol. The van der Waals surface area contributed by atoms with Gasteiger partial charge in [-0.1, -0.05) is 0 Å². The van der Waals surface area contributed by atoms with E-state index in [2.05, 4.69) is 4.98 Å². The fourth-order valence-corrected chi connectivity index (χ4v) is 2.64. The Kier molecular flexibility index (Phi) is 4.42. The van der Waals surface area contributed by atoms with Gasteiger partial charge in [0.25, 0.3) is 0 Å². The van der Waals surface area contributed by atoms with Crippen molar-refractivity contribution in [2.75, 3.05) is 19.6 Å². The van der Waals surface area contributed by atoms with Crippen LogP contribution in [0.15, 0.2) is 24.5 Å². The lowest BCUT2D eigenvalue weighted by Gasteiger charge is -2.38. The Morgan fingerprint density at radius 2 is 2.05 bits per heavy atom. The maximum absolute atomic E-state index is 12.8. The minimum Gasteiger partial charge on any atom is -0.329 e. The molecule has 6 heteroatoms. The molecule has 2 unspecified atom stereocenters. The van der Waals surface area contributed by atoms with Crippen LogP contribution in [0.5, 0.6) is 0 Å². The highest BCUT2D eigenvalue weighted by atomic mass is 19.4. The van der Waals surface area contributed by atoms with Crippen molar-refractivity contribution in [2.45, 2.75) is 25.1 Å². The van der Waals surface area contributed by atoms with Crippen molar-refractivity contribution in [2.24, 2.45) is 11.7 Å². The van der Waals surface area contributed by atoms with Crippen LogP contribution in [-0.2, 0) is 0 Å². The highest BCUT2D eigenvalue weighted by Crippen LogP contribution is 2.35. The van der Waals surface area contributed by atoms with E-state index in [9.17, 15) is 13.2 Å². The number of likely N-dealkylation sites (tertiary alicyclic amines) is 1. The van der Waals surface area contributed by atoms with E-state index in [-0.39, 0.29) is 19.0 Å². The highest BCUT2D eigenvalue weighted by molar-refractivity contribution is 5.16. The number of rotatable bonds is 3. The lowest BCUT2D eigenvalue weighted by Crippen LogP contribution is -2.45. The van der Waals surface area contributed by atoms with Crippen molar-refractivity contribution in [3.05, 3.63) is 30.1 Å². The Hall–Kier alpha value is -1.14. The molecule has 2 atom stereocenters. The number of pyridine rings is 1. The number of nitrogens with zero attached hydrogens (tertiary/aromatic N) is 2. The Morgan fingerprint density at radius 1 is 1.37 bits per heavy atom. The van der Waals surface area contributed by atoms with Crippen LogP contribution >= 0.6 is 0 Å². The van der Waals surface area contributed by atoms with Gasteiger partial charge in [0, 0.05) is 31.5 Å². The number of piperidine rings is 1. The molecule has 0 aromatic carbocycles. The number of hydrogen-bond acceptors (Lipinski definition) is 3. The first-order valence-electron chi connectivity index (χ1n) is 6.43. The van der Waals surface area contributed by atoms with Gasteiger partial charge in [-0.25, -0.2) is 0 Å². The molecule has 0 saturated carbocycles. The Morgan fingerprint density at radius 3 is 2.63 bits per heavy atom. The Labute approximate surface area is 110 Å². The summed E-state index contributed by atoms with van der Waals surface area (Å²) in [5.74, 6) is -1.24. The lowest BCUT2D eigenvalue weighted by molar-refractivity contribution is -0.188. The molecule has 0 bridgehead atoms. The van der Waals surface area contributed by atoms with Gasteiger partial charge in [-0.05, 0) is 37.1 Å². The zero-order chi connectivity index (χ0) is 13.9. The molecule has 0 radical (unpaired) electrons. The number of hydrogen-bond donors (Lipinski definition) is 1. The fourth-order valence-electron chi connectivity index (χ4n) is 2.64. The summed E-state index contributed by atoms with van der Waals surface area (Å²) < 4.78 is 38.4. The molecular weight excluding hydrogens is 255 g/mol. The zero-order valence-electron chi connectivity index (χ0n) is 10.6. The molecule has 2 N–H and O–H groups in total. The third kappa shape index (κ3) is 3.45. The molecule has 106 valence electrons. The molecule has 0 amide bonds. The largest absolute Gasteiger partial charge is 0.393 e. The SMILES string of the molecule is NCC(c1ccncc1)N1CCCC(C(F)(F)F)C1. The van der Waals surface area contributed by atoms with Gasteiger partial charge in [0.1, 0.15) is 0 Å². The van der Waals surface area contributed by atoms with E-state index in [4.69, 9.17) is 5.73 Å². The van der Waals surface area contributed by atoms with Crippen molar-refractivity contribution in [1.82, 2.24) is 9.88 Å². The smallest absolute Gasteiger partial charge is 0.329 e. The first kappa shape index (κ1) is 14.3. The maximum atomic E-state index is 12.8. The first-order valence-corrected chi connectivity index (χ1v) is 6.43. The van der Waals surface area contributed by atoms with Crippen LogP contribution in [0.1, 0.15) is 24.4 Å². The van der Waals surface area contributed by atoms with Crippen molar-refractivity contribution in [3.63, 3.8) is 0 Å². The second-order valence-corrected chi connectivity index (χ2v) is 4.91. The van der Waals surface area contributed by atoms with Crippen LogP contribution in [0.2, 0.25) is 0 Å². The predicted octanol–water partition coefficient (Wildman–Crippen LogP) is 2.36. The number of aromatic nitrogens is 1. The monoisotopic (exact) mass is 273 g/mol. The average Bonchev–Trinajstić information content (AvgIpc) is 2.40. The third-order valence-electron chi connectivity index (χ3n) is 3.67. The molecule has 0 spiro atoms. The second kappa shape index (κ2) is 5.88. The van der Waals surface area contributed by atoms with Crippen LogP contribution in [0.4, 0.5) is 13.2 Å². The molecule has 1 fully saturated rings. The van der Waals surface area contributed by atoms with E-state index in [1.165, 1.54) is 0 Å². The minimum absolute atomic E-state index is 0.0354. The summed E-state index contributed by atoms with van der Waals surface area (Å²) in [5.41, 5.74) is 6.68. The fraction of sp³-hybridized carbons (Fsp3) is 0.615. The highest BCUT2D eigenvalue weighted by Gasteiger charge is 2.42. The minimum atomic E-state index is -4.12. The number of alkyl halides is 3. The summed E-state index contributed by atoms with van der Waals surface area (Å²) in [6.07, 6.45) is -0.0537. The van der Waals surface area contributed by atoms with Gasteiger partial charge in [0.2, 0.25) is 0 Å². The van der Waals surface area contributed by atoms with Gasteiger partial charge >= 0.3 is 6.18 Å². The molecule has 1 aromatic rings. The molecule has 2 rings (SSSR count). The van der Waals surface area contributed by atoms with E-state index in [1.807, 2.05) is 17.0 Å². The Balaban J connectivity index is 2.11. The normalized spacial score (nSPS) is 23.3. The molecule has 0 aliphatic carbocycles. The molecule has 2 heterocycles.